The van der Waals surface area contributed by atoms with E-state index < -0.39 is 5.41 Å². The molecule has 138 valence electrons. The Morgan fingerprint density at radius 3 is 2.54 bits per heavy atom. The van der Waals surface area contributed by atoms with Crippen LogP contribution in [-0.2, 0) is 19.1 Å². The zero-order valence-electron chi connectivity index (χ0n) is 15.8. The molecule has 1 saturated heterocycles. The first-order chi connectivity index (χ1) is 11.4. The van der Waals surface area contributed by atoms with Crippen molar-refractivity contribution in [2.24, 2.45) is 11.3 Å². The number of rotatable bonds is 11. The third-order valence-electron chi connectivity index (χ3n) is 4.49. The van der Waals surface area contributed by atoms with E-state index in [9.17, 15) is 9.59 Å². The molecule has 0 aromatic rings. The van der Waals surface area contributed by atoms with Crippen molar-refractivity contribution in [3.63, 3.8) is 0 Å². The first kappa shape index (κ1) is 20.7. The SMILES string of the molecule is CCCC=CCCCC(CCC)C(=O)OCC1CC(C)(C)C(=O)O1. The monoisotopic (exact) mass is 338 g/mol. The molecule has 0 aromatic heterocycles. The highest BCUT2D eigenvalue weighted by molar-refractivity contribution is 5.78. The number of hydrogen-bond donors (Lipinski definition) is 0. The molecule has 0 saturated carbocycles. The zero-order valence-corrected chi connectivity index (χ0v) is 15.8. The lowest BCUT2D eigenvalue weighted by Gasteiger charge is -2.17. The van der Waals surface area contributed by atoms with Crippen molar-refractivity contribution in [2.75, 3.05) is 6.61 Å². The molecule has 1 rings (SSSR count). The molecule has 1 aliphatic heterocycles. The summed E-state index contributed by atoms with van der Waals surface area (Å²) in [7, 11) is 0. The minimum atomic E-state index is -0.468. The van der Waals surface area contributed by atoms with Crippen LogP contribution in [0.5, 0.6) is 0 Å². The number of carbonyl (C=O) groups excluding carboxylic acids is 2. The van der Waals surface area contributed by atoms with Crippen LogP contribution in [0, 0.1) is 11.3 Å². The van der Waals surface area contributed by atoms with Crippen LogP contribution in [0.4, 0.5) is 0 Å². The van der Waals surface area contributed by atoms with E-state index in [1.165, 1.54) is 6.42 Å². The second-order valence-electron chi connectivity index (χ2n) is 7.42. The lowest BCUT2D eigenvalue weighted by Crippen LogP contribution is -2.24. The number of allylic oxidation sites excluding steroid dienone is 2. The molecule has 1 fully saturated rings. The van der Waals surface area contributed by atoms with Gasteiger partial charge in [-0.05, 0) is 46.0 Å². The van der Waals surface area contributed by atoms with Gasteiger partial charge in [0.05, 0.1) is 11.3 Å². The molecule has 0 aliphatic carbocycles. The topological polar surface area (TPSA) is 52.6 Å². The minimum absolute atomic E-state index is 0.0420. The molecule has 0 spiro atoms. The first-order valence-electron chi connectivity index (χ1n) is 9.43. The van der Waals surface area contributed by atoms with Gasteiger partial charge in [-0.1, -0.05) is 38.8 Å². The Kier molecular flexibility index (Phi) is 9.09. The van der Waals surface area contributed by atoms with Crippen molar-refractivity contribution < 1.29 is 19.1 Å². The summed E-state index contributed by atoms with van der Waals surface area (Å²) in [5, 5.41) is 0. The molecular weight excluding hydrogens is 304 g/mol. The molecule has 24 heavy (non-hydrogen) atoms. The van der Waals surface area contributed by atoms with Crippen LogP contribution in [-0.4, -0.2) is 24.6 Å². The molecule has 0 amide bonds. The predicted octanol–water partition coefficient (Wildman–Crippen LogP) is 4.81. The second-order valence-corrected chi connectivity index (χ2v) is 7.42. The van der Waals surface area contributed by atoms with Crippen molar-refractivity contribution in [3.05, 3.63) is 12.2 Å². The molecule has 2 atom stereocenters. The van der Waals surface area contributed by atoms with Gasteiger partial charge in [0.25, 0.3) is 0 Å². The van der Waals surface area contributed by atoms with Crippen LogP contribution in [0.2, 0.25) is 0 Å². The summed E-state index contributed by atoms with van der Waals surface area (Å²) >= 11 is 0. The summed E-state index contributed by atoms with van der Waals surface area (Å²) < 4.78 is 10.7. The van der Waals surface area contributed by atoms with E-state index in [0.717, 1.165) is 38.5 Å². The summed E-state index contributed by atoms with van der Waals surface area (Å²) in [4.78, 5) is 24.0. The van der Waals surface area contributed by atoms with Crippen LogP contribution < -0.4 is 0 Å². The summed E-state index contributed by atoms with van der Waals surface area (Å²) in [6.45, 7) is 8.17. The number of esters is 2. The van der Waals surface area contributed by atoms with E-state index in [1.807, 2.05) is 13.8 Å². The van der Waals surface area contributed by atoms with Gasteiger partial charge in [0, 0.05) is 6.42 Å². The number of ether oxygens (including phenoxy) is 2. The van der Waals surface area contributed by atoms with E-state index in [2.05, 4.69) is 26.0 Å². The van der Waals surface area contributed by atoms with Crippen molar-refractivity contribution >= 4 is 11.9 Å². The van der Waals surface area contributed by atoms with Crippen LogP contribution in [0.1, 0.15) is 79.1 Å². The van der Waals surface area contributed by atoms with Crippen LogP contribution in [0.15, 0.2) is 12.2 Å². The van der Waals surface area contributed by atoms with Gasteiger partial charge in [-0.2, -0.15) is 0 Å². The third-order valence-corrected chi connectivity index (χ3v) is 4.49. The Balaban J connectivity index is 2.34. The molecular formula is C20H34O4. The Labute approximate surface area is 147 Å². The molecule has 0 aromatic carbocycles. The highest BCUT2D eigenvalue weighted by Crippen LogP contribution is 2.33. The van der Waals surface area contributed by atoms with Crippen molar-refractivity contribution in [1.82, 2.24) is 0 Å². The standard InChI is InChI=1S/C20H34O4/c1-5-7-8-9-10-11-13-16(12-6-2)18(21)23-15-17-14-20(3,4)19(22)24-17/h8-9,16-17H,5-7,10-15H2,1-4H3. The van der Waals surface area contributed by atoms with Crippen LogP contribution in [0.25, 0.3) is 0 Å². The van der Waals surface area contributed by atoms with Gasteiger partial charge in [0.15, 0.2) is 0 Å². The van der Waals surface area contributed by atoms with Crippen molar-refractivity contribution in [2.45, 2.75) is 85.2 Å². The lowest BCUT2D eigenvalue weighted by atomic mass is 9.90. The highest BCUT2D eigenvalue weighted by atomic mass is 16.6. The molecule has 2 unspecified atom stereocenters. The van der Waals surface area contributed by atoms with E-state index in [1.54, 1.807) is 0 Å². The third kappa shape index (κ3) is 7.06. The Hall–Kier alpha value is -1.32. The van der Waals surface area contributed by atoms with Gasteiger partial charge in [0.1, 0.15) is 12.7 Å². The molecule has 1 heterocycles. The molecule has 0 bridgehead atoms. The number of carbonyl (C=O) groups is 2. The van der Waals surface area contributed by atoms with Gasteiger partial charge >= 0.3 is 11.9 Å². The smallest absolute Gasteiger partial charge is 0.312 e. The average Bonchev–Trinajstić information content (AvgIpc) is 2.80. The van der Waals surface area contributed by atoms with Crippen LogP contribution in [0.3, 0.4) is 0 Å². The molecule has 0 N–H and O–H groups in total. The summed E-state index contributed by atoms with van der Waals surface area (Å²) in [6, 6.07) is 0. The Bertz CT molecular complexity index is 425. The van der Waals surface area contributed by atoms with Gasteiger partial charge in [-0.3, -0.25) is 9.59 Å². The second kappa shape index (κ2) is 10.5. The van der Waals surface area contributed by atoms with Crippen molar-refractivity contribution in [1.29, 1.82) is 0 Å². The van der Waals surface area contributed by atoms with Gasteiger partial charge in [0.2, 0.25) is 0 Å². The fraction of sp³-hybridized carbons (Fsp3) is 0.800. The molecule has 4 nitrogen and oxygen atoms in total. The number of cyclic esters (lactones) is 1. The Morgan fingerprint density at radius 2 is 1.96 bits per heavy atom. The number of unbranched alkanes of at least 4 members (excludes halogenated alkanes) is 2. The minimum Gasteiger partial charge on any atom is -0.462 e. The normalized spacial score (nSPS) is 21.0. The van der Waals surface area contributed by atoms with Crippen molar-refractivity contribution in [3.8, 4) is 0 Å². The van der Waals surface area contributed by atoms with E-state index in [-0.39, 0.29) is 30.6 Å². The Morgan fingerprint density at radius 1 is 1.25 bits per heavy atom. The van der Waals surface area contributed by atoms with E-state index in [0.29, 0.717) is 6.42 Å². The highest BCUT2D eigenvalue weighted by Gasteiger charge is 2.42. The first-order valence-corrected chi connectivity index (χ1v) is 9.43. The van der Waals surface area contributed by atoms with E-state index >= 15 is 0 Å². The summed E-state index contributed by atoms with van der Waals surface area (Å²) in [5.74, 6) is -0.387. The van der Waals surface area contributed by atoms with Gasteiger partial charge in [-0.25, -0.2) is 0 Å². The fourth-order valence-corrected chi connectivity index (χ4v) is 3.00. The summed E-state index contributed by atoms with van der Waals surface area (Å²) in [5.41, 5.74) is -0.468. The largest absolute Gasteiger partial charge is 0.462 e. The fourth-order valence-electron chi connectivity index (χ4n) is 3.00. The van der Waals surface area contributed by atoms with Crippen LogP contribution >= 0.6 is 0 Å². The lowest BCUT2D eigenvalue weighted by molar-refractivity contribution is -0.157. The molecule has 1 aliphatic rings. The quantitative estimate of drug-likeness (QED) is 0.308. The zero-order chi connectivity index (χ0) is 18.0. The summed E-state index contributed by atoms with van der Waals surface area (Å²) in [6.07, 6.45) is 11.7. The van der Waals surface area contributed by atoms with Gasteiger partial charge in [-0.15, -0.1) is 0 Å². The average molecular weight is 338 g/mol. The van der Waals surface area contributed by atoms with E-state index in [4.69, 9.17) is 9.47 Å². The predicted molar refractivity (Wildman–Crippen MR) is 95.5 cm³/mol. The molecule has 4 heteroatoms. The van der Waals surface area contributed by atoms with Gasteiger partial charge < -0.3 is 9.47 Å². The number of hydrogen-bond acceptors (Lipinski definition) is 4. The maximum Gasteiger partial charge on any atom is 0.312 e. The maximum absolute atomic E-state index is 12.3. The molecule has 0 radical (unpaired) electrons. The maximum atomic E-state index is 12.3.